The van der Waals surface area contributed by atoms with Gasteiger partial charge in [-0.25, -0.2) is 0 Å². The zero-order valence-corrected chi connectivity index (χ0v) is 18.5. The van der Waals surface area contributed by atoms with Gasteiger partial charge in [0.2, 0.25) is 11.7 Å². The fourth-order valence-electron chi connectivity index (χ4n) is 3.09. The van der Waals surface area contributed by atoms with Crippen molar-refractivity contribution in [3.63, 3.8) is 0 Å². The van der Waals surface area contributed by atoms with Crippen LogP contribution >= 0.6 is 23.1 Å². The Labute approximate surface area is 187 Å². The van der Waals surface area contributed by atoms with Crippen LogP contribution in [0.2, 0.25) is 0 Å². The van der Waals surface area contributed by atoms with Crippen LogP contribution in [0.5, 0.6) is 0 Å². The Hall–Kier alpha value is -3.30. The first-order valence-corrected chi connectivity index (χ1v) is 11.5. The lowest BCUT2D eigenvalue weighted by molar-refractivity contribution is 0.391. The second-order valence-electron chi connectivity index (χ2n) is 6.92. The van der Waals surface area contributed by atoms with Crippen LogP contribution in [0.4, 0.5) is 0 Å². The molecular formula is C22H18N6OS2. The third kappa shape index (κ3) is 4.01. The van der Waals surface area contributed by atoms with E-state index >= 15 is 0 Å². The predicted octanol–water partition coefficient (Wildman–Crippen LogP) is 5.35. The molecule has 0 aliphatic rings. The Bertz CT molecular complexity index is 1310. The van der Waals surface area contributed by atoms with Crippen LogP contribution in [0.3, 0.4) is 0 Å². The number of hydrogen-bond donors (Lipinski definition) is 0. The lowest BCUT2D eigenvalue weighted by Gasteiger charge is -2.11. The predicted molar refractivity (Wildman–Crippen MR) is 121 cm³/mol. The number of pyridine rings is 1. The van der Waals surface area contributed by atoms with E-state index in [1.807, 2.05) is 29.6 Å². The number of thioether (sulfide) groups is 1. The van der Waals surface area contributed by atoms with Crippen molar-refractivity contribution in [3.8, 4) is 27.8 Å². The number of nitrogens with zero attached hydrogens (tertiary/aromatic N) is 6. The highest BCUT2D eigenvalue weighted by molar-refractivity contribution is 7.98. The van der Waals surface area contributed by atoms with Crippen molar-refractivity contribution in [2.45, 2.75) is 24.8 Å². The van der Waals surface area contributed by atoms with Gasteiger partial charge < -0.3 is 4.52 Å². The summed E-state index contributed by atoms with van der Waals surface area (Å²) in [6, 6.07) is 14.2. The van der Waals surface area contributed by atoms with Crippen LogP contribution in [-0.4, -0.2) is 29.9 Å². The normalized spacial score (nSPS) is 11.2. The van der Waals surface area contributed by atoms with Crippen LogP contribution in [0.15, 0.2) is 69.9 Å². The number of aryl methyl sites for hydroxylation is 2. The van der Waals surface area contributed by atoms with Crippen LogP contribution in [-0.2, 0) is 5.75 Å². The Kier molecular flexibility index (Phi) is 5.35. The van der Waals surface area contributed by atoms with Gasteiger partial charge in [0.05, 0.1) is 16.3 Å². The number of benzene rings is 1. The van der Waals surface area contributed by atoms with E-state index in [0.29, 0.717) is 17.5 Å². The van der Waals surface area contributed by atoms with Crippen molar-refractivity contribution in [2.75, 3.05) is 0 Å². The molecule has 9 heteroatoms. The SMILES string of the molecule is Cc1ccc(-n2c(SCc3nc(-c4cccs4)no3)nnc2-c2ccncc2)cc1C. The molecule has 4 heterocycles. The molecule has 0 bridgehead atoms. The molecule has 0 N–H and O–H groups in total. The molecule has 5 rings (SSSR count). The highest BCUT2D eigenvalue weighted by Crippen LogP contribution is 2.30. The van der Waals surface area contributed by atoms with Crippen molar-refractivity contribution >= 4 is 23.1 Å². The quantitative estimate of drug-likeness (QED) is 0.325. The summed E-state index contributed by atoms with van der Waals surface area (Å²) in [6.45, 7) is 4.21. The summed E-state index contributed by atoms with van der Waals surface area (Å²) in [7, 11) is 0. The fourth-order valence-corrected chi connectivity index (χ4v) is 4.53. The molecule has 0 radical (unpaired) electrons. The van der Waals surface area contributed by atoms with Gasteiger partial charge >= 0.3 is 0 Å². The van der Waals surface area contributed by atoms with Gasteiger partial charge in [0.25, 0.3) is 0 Å². The number of hydrogen-bond acceptors (Lipinski definition) is 8. The fraction of sp³-hybridized carbons (Fsp3) is 0.136. The average Bonchev–Trinajstić information content (AvgIpc) is 3.55. The van der Waals surface area contributed by atoms with Gasteiger partial charge in [-0.1, -0.05) is 29.1 Å². The third-order valence-corrected chi connectivity index (χ3v) is 6.63. The number of thiophene rings is 1. The van der Waals surface area contributed by atoms with Gasteiger partial charge in [-0.15, -0.1) is 21.5 Å². The number of rotatable bonds is 6. The van der Waals surface area contributed by atoms with Crippen molar-refractivity contribution in [1.82, 2.24) is 29.9 Å². The molecule has 0 aliphatic carbocycles. The van der Waals surface area contributed by atoms with E-state index in [1.54, 1.807) is 23.7 Å². The van der Waals surface area contributed by atoms with Crippen molar-refractivity contribution in [1.29, 1.82) is 0 Å². The van der Waals surface area contributed by atoms with Crippen LogP contribution in [0.25, 0.3) is 27.8 Å². The molecule has 0 atom stereocenters. The Morgan fingerprint density at radius 2 is 1.90 bits per heavy atom. The highest BCUT2D eigenvalue weighted by atomic mass is 32.2. The van der Waals surface area contributed by atoms with Crippen molar-refractivity contribution in [2.24, 2.45) is 0 Å². The molecule has 0 fully saturated rings. The minimum Gasteiger partial charge on any atom is -0.338 e. The third-order valence-electron chi connectivity index (χ3n) is 4.85. The Morgan fingerprint density at radius 1 is 1.03 bits per heavy atom. The molecule has 0 unspecified atom stereocenters. The smallest absolute Gasteiger partial charge is 0.237 e. The zero-order chi connectivity index (χ0) is 21.2. The molecule has 31 heavy (non-hydrogen) atoms. The van der Waals surface area contributed by atoms with E-state index in [0.717, 1.165) is 27.1 Å². The molecule has 0 aliphatic heterocycles. The lowest BCUT2D eigenvalue weighted by atomic mass is 10.1. The maximum absolute atomic E-state index is 5.44. The highest BCUT2D eigenvalue weighted by Gasteiger charge is 2.18. The second-order valence-corrected chi connectivity index (χ2v) is 8.81. The van der Waals surface area contributed by atoms with E-state index in [4.69, 9.17) is 4.52 Å². The van der Waals surface area contributed by atoms with E-state index in [9.17, 15) is 0 Å². The first-order chi connectivity index (χ1) is 15.2. The molecule has 1 aromatic carbocycles. The number of aromatic nitrogens is 6. The lowest BCUT2D eigenvalue weighted by Crippen LogP contribution is -2.01. The van der Waals surface area contributed by atoms with E-state index < -0.39 is 0 Å². The first-order valence-electron chi connectivity index (χ1n) is 9.62. The summed E-state index contributed by atoms with van der Waals surface area (Å²) in [5.74, 6) is 2.42. The summed E-state index contributed by atoms with van der Waals surface area (Å²) in [5, 5.41) is 15.8. The van der Waals surface area contributed by atoms with Gasteiger partial charge in [-0.3, -0.25) is 9.55 Å². The monoisotopic (exact) mass is 446 g/mol. The summed E-state index contributed by atoms with van der Waals surface area (Å²) < 4.78 is 7.50. The van der Waals surface area contributed by atoms with E-state index in [1.165, 1.54) is 22.9 Å². The minimum absolute atomic E-state index is 0.498. The molecule has 0 amide bonds. The summed E-state index contributed by atoms with van der Waals surface area (Å²) in [4.78, 5) is 9.61. The second kappa shape index (κ2) is 8.44. The Balaban J connectivity index is 1.48. The first kappa shape index (κ1) is 19.7. The van der Waals surface area contributed by atoms with Gasteiger partial charge in [-0.05, 0) is 60.7 Å². The average molecular weight is 447 g/mol. The minimum atomic E-state index is 0.498. The van der Waals surface area contributed by atoms with E-state index in [-0.39, 0.29) is 0 Å². The molecular weight excluding hydrogens is 428 g/mol. The maximum atomic E-state index is 5.44. The van der Waals surface area contributed by atoms with E-state index in [2.05, 4.69) is 61.9 Å². The van der Waals surface area contributed by atoms with Gasteiger partial charge in [-0.2, -0.15) is 4.98 Å². The summed E-state index contributed by atoms with van der Waals surface area (Å²) in [6.07, 6.45) is 3.51. The van der Waals surface area contributed by atoms with Gasteiger partial charge in [0.1, 0.15) is 0 Å². The van der Waals surface area contributed by atoms with Crippen LogP contribution in [0, 0.1) is 13.8 Å². The zero-order valence-electron chi connectivity index (χ0n) is 16.9. The van der Waals surface area contributed by atoms with Gasteiger partial charge in [0, 0.05) is 18.0 Å². The summed E-state index contributed by atoms with van der Waals surface area (Å²) in [5.41, 5.74) is 4.40. The maximum Gasteiger partial charge on any atom is 0.237 e. The molecule has 0 spiro atoms. The molecule has 0 saturated heterocycles. The van der Waals surface area contributed by atoms with Crippen LogP contribution < -0.4 is 0 Å². The molecule has 5 aromatic rings. The molecule has 154 valence electrons. The van der Waals surface area contributed by atoms with Crippen molar-refractivity contribution in [3.05, 3.63) is 77.3 Å². The molecule has 4 aromatic heterocycles. The van der Waals surface area contributed by atoms with Crippen LogP contribution in [0.1, 0.15) is 17.0 Å². The Morgan fingerprint density at radius 3 is 2.68 bits per heavy atom. The largest absolute Gasteiger partial charge is 0.338 e. The van der Waals surface area contributed by atoms with Gasteiger partial charge in [0.15, 0.2) is 11.0 Å². The molecule has 0 saturated carbocycles. The molecule has 7 nitrogen and oxygen atoms in total. The van der Waals surface area contributed by atoms with Crippen molar-refractivity contribution < 1.29 is 4.52 Å². The topological polar surface area (TPSA) is 82.5 Å². The summed E-state index contributed by atoms with van der Waals surface area (Å²) >= 11 is 3.10. The standard InChI is InChI=1S/C22H18N6OS2/c1-14-5-6-17(12-15(14)2)28-21(16-7-9-23-10-8-16)25-26-22(28)31-13-19-24-20(27-29-19)18-4-3-11-30-18/h3-12H,13H2,1-2H3.